The maximum atomic E-state index is 13.6. The number of aliphatic hydroxyl groups excluding tert-OH is 1. The fourth-order valence-corrected chi connectivity index (χ4v) is 7.98. The van der Waals surface area contributed by atoms with Gasteiger partial charge in [0.1, 0.15) is 26.7 Å². The van der Waals surface area contributed by atoms with Gasteiger partial charge >= 0.3 is 0 Å². The Hall–Kier alpha value is -2.98. The molecule has 0 aliphatic carbocycles. The van der Waals surface area contributed by atoms with Crippen molar-refractivity contribution in [2.24, 2.45) is 5.92 Å². The predicted molar refractivity (Wildman–Crippen MR) is 149 cm³/mol. The number of rotatable bonds is 9. The van der Waals surface area contributed by atoms with E-state index in [0.717, 1.165) is 15.6 Å². The van der Waals surface area contributed by atoms with Crippen LogP contribution in [0.1, 0.15) is 35.7 Å². The van der Waals surface area contributed by atoms with Crippen molar-refractivity contribution in [2.75, 3.05) is 31.5 Å². The summed E-state index contributed by atoms with van der Waals surface area (Å²) in [5.41, 5.74) is 0.483. The Kier molecular flexibility index (Phi) is 8.61. The maximum Gasteiger partial charge on any atom is 0.271 e. The van der Waals surface area contributed by atoms with Gasteiger partial charge in [-0.2, -0.15) is 4.31 Å². The number of aryl methyl sites for hydroxylation is 2. The van der Waals surface area contributed by atoms with Crippen molar-refractivity contribution in [1.82, 2.24) is 14.4 Å². The number of aliphatic hydroxyl groups is 1. The highest BCUT2D eigenvalue weighted by Crippen LogP contribution is 2.32. The Morgan fingerprint density at radius 3 is 2.58 bits per heavy atom. The zero-order chi connectivity index (χ0) is 29.4. The number of aromatic nitrogens is 1. The van der Waals surface area contributed by atoms with Crippen LogP contribution in [-0.2, 0) is 20.0 Å². The molecule has 1 aromatic carbocycles. The molecule has 0 radical (unpaired) electrons. The third-order valence-electron chi connectivity index (χ3n) is 6.75. The molecule has 0 saturated carbocycles. The lowest BCUT2D eigenvalue weighted by atomic mass is 9.99. The van der Waals surface area contributed by atoms with Gasteiger partial charge in [-0.05, 0) is 50.4 Å². The zero-order valence-corrected chi connectivity index (χ0v) is 25.1. The molecular weight excluding hydrogens is 580 g/mol. The van der Waals surface area contributed by atoms with E-state index in [-0.39, 0.29) is 63.2 Å². The molecule has 3 heterocycles. The number of hydrogen-bond donors (Lipinski definition) is 2. The second-order valence-corrected chi connectivity index (χ2v) is 14.6. The summed E-state index contributed by atoms with van der Waals surface area (Å²) < 4.78 is 67.4. The summed E-state index contributed by atoms with van der Waals surface area (Å²) in [5, 5.41) is 15.3. The van der Waals surface area contributed by atoms with Crippen LogP contribution in [0.5, 0.6) is 5.75 Å². The minimum atomic E-state index is -3.97. The lowest BCUT2D eigenvalue weighted by molar-refractivity contribution is 0.0387. The van der Waals surface area contributed by atoms with E-state index in [1.807, 2.05) is 6.92 Å². The molecule has 12 nitrogen and oxygen atoms in total. The molecule has 0 unspecified atom stereocenters. The molecule has 15 heteroatoms. The fraction of sp³-hybridized carbons (Fsp3) is 0.440. The molecule has 0 saturated heterocycles. The SMILES string of the molecule is Cc1noc(C)c1S(=O)(=O)N(C)C[C@@H]1Oc2ccc(NS(=O)(=O)c3cccs3)cc2C(=O)N([C@H](C)CO)C[C@@H]1C. The number of nitrogens with one attached hydrogen (secondary N) is 1. The molecule has 2 aromatic heterocycles. The molecular formula is C25H32N4O8S3. The minimum absolute atomic E-state index is 0.0118. The number of amides is 1. The average molecular weight is 613 g/mol. The van der Waals surface area contributed by atoms with Gasteiger partial charge in [-0.1, -0.05) is 18.1 Å². The van der Waals surface area contributed by atoms with Gasteiger partial charge in [-0.3, -0.25) is 9.52 Å². The normalized spacial score (nSPS) is 19.1. The van der Waals surface area contributed by atoms with Crippen LogP contribution >= 0.6 is 11.3 Å². The minimum Gasteiger partial charge on any atom is -0.488 e. The summed E-state index contributed by atoms with van der Waals surface area (Å²) in [6.45, 7) is 6.40. The van der Waals surface area contributed by atoms with Crippen LogP contribution in [0.4, 0.5) is 5.69 Å². The number of hydrogen-bond acceptors (Lipinski definition) is 10. The van der Waals surface area contributed by atoms with E-state index in [4.69, 9.17) is 9.26 Å². The van der Waals surface area contributed by atoms with Crippen molar-refractivity contribution >= 4 is 43.0 Å². The van der Waals surface area contributed by atoms with E-state index in [0.29, 0.717) is 0 Å². The number of anilines is 1. The van der Waals surface area contributed by atoms with E-state index >= 15 is 0 Å². The van der Waals surface area contributed by atoms with Crippen molar-refractivity contribution in [1.29, 1.82) is 0 Å². The van der Waals surface area contributed by atoms with Crippen molar-refractivity contribution in [3.63, 3.8) is 0 Å². The number of likely N-dealkylation sites (N-methyl/N-ethyl adjacent to an activating group) is 1. The highest BCUT2D eigenvalue weighted by molar-refractivity contribution is 7.94. The summed E-state index contributed by atoms with van der Waals surface area (Å²) in [6.07, 6.45) is -0.700. The third kappa shape index (κ3) is 5.88. The van der Waals surface area contributed by atoms with Crippen molar-refractivity contribution in [3.8, 4) is 5.75 Å². The van der Waals surface area contributed by atoms with Gasteiger partial charge in [-0.15, -0.1) is 11.3 Å². The molecule has 3 aromatic rings. The van der Waals surface area contributed by atoms with Gasteiger partial charge in [-0.25, -0.2) is 16.8 Å². The number of benzene rings is 1. The highest BCUT2D eigenvalue weighted by atomic mass is 32.2. The van der Waals surface area contributed by atoms with Crippen LogP contribution in [0, 0.1) is 19.8 Å². The van der Waals surface area contributed by atoms with Crippen LogP contribution in [0.25, 0.3) is 0 Å². The summed E-state index contributed by atoms with van der Waals surface area (Å²) in [5.74, 6) is -0.451. The molecule has 0 fully saturated rings. The van der Waals surface area contributed by atoms with E-state index in [2.05, 4.69) is 9.88 Å². The monoisotopic (exact) mass is 612 g/mol. The molecule has 40 heavy (non-hydrogen) atoms. The third-order valence-corrected chi connectivity index (χ3v) is 11.6. The summed E-state index contributed by atoms with van der Waals surface area (Å²) in [7, 11) is -6.41. The van der Waals surface area contributed by atoms with Gasteiger partial charge in [0.2, 0.25) is 10.0 Å². The maximum absolute atomic E-state index is 13.6. The second kappa shape index (κ2) is 11.5. The number of nitrogens with zero attached hydrogens (tertiary/aromatic N) is 3. The van der Waals surface area contributed by atoms with E-state index < -0.39 is 38.1 Å². The Labute approximate surface area is 237 Å². The van der Waals surface area contributed by atoms with Gasteiger partial charge in [0.15, 0.2) is 5.76 Å². The topological polar surface area (TPSA) is 159 Å². The molecule has 2 N–H and O–H groups in total. The Morgan fingerprint density at radius 1 is 1.25 bits per heavy atom. The van der Waals surface area contributed by atoms with Crippen molar-refractivity contribution in [2.45, 2.75) is 48.9 Å². The smallest absolute Gasteiger partial charge is 0.271 e. The van der Waals surface area contributed by atoms with E-state index in [1.54, 1.807) is 25.3 Å². The number of ether oxygens (including phenoxy) is 1. The zero-order valence-electron chi connectivity index (χ0n) is 22.7. The number of carbonyl (C=O) groups excluding carboxylic acids is 1. The highest BCUT2D eigenvalue weighted by Gasteiger charge is 2.37. The van der Waals surface area contributed by atoms with E-state index in [9.17, 15) is 26.7 Å². The molecule has 4 rings (SSSR count). The first kappa shape index (κ1) is 30.0. The lowest BCUT2D eigenvalue weighted by Gasteiger charge is -2.38. The second-order valence-electron chi connectivity index (χ2n) is 9.81. The van der Waals surface area contributed by atoms with Crippen LogP contribution in [0.15, 0.2) is 49.3 Å². The van der Waals surface area contributed by atoms with Crippen LogP contribution in [-0.4, -0.2) is 81.1 Å². The van der Waals surface area contributed by atoms with Gasteiger partial charge in [0, 0.05) is 25.2 Å². The number of sulfonamides is 2. The average Bonchev–Trinajstić information content (AvgIpc) is 3.56. The largest absolute Gasteiger partial charge is 0.488 e. The van der Waals surface area contributed by atoms with Gasteiger partial charge < -0.3 is 19.3 Å². The molecule has 3 atom stereocenters. The standard InChI is InChI=1S/C25H32N4O8S3/c1-15-12-29(16(2)14-30)25(31)20-11-19(27-39(32,33)23-7-6-10-38-23)8-9-21(20)36-22(15)13-28(5)40(34,35)24-17(3)26-37-18(24)4/h6-11,15-16,22,27,30H,12-14H2,1-5H3/t15-,16+,22-/m0/s1. The first-order chi connectivity index (χ1) is 18.8. The quantitative estimate of drug-likeness (QED) is 0.370. The predicted octanol–water partition coefficient (Wildman–Crippen LogP) is 2.69. The van der Waals surface area contributed by atoms with Crippen LogP contribution in [0.3, 0.4) is 0 Å². The number of carbonyl (C=O) groups is 1. The first-order valence-electron chi connectivity index (χ1n) is 12.4. The number of thiophene rings is 1. The van der Waals surface area contributed by atoms with Gasteiger partial charge in [0.25, 0.3) is 15.9 Å². The lowest BCUT2D eigenvalue weighted by Crippen LogP contribution is -2.50. The summed E-state index contributed by atoms with van der Waals surface area (Å²) in [4.78, 5) is 15.1. The molecule has 1 amide bonds. The first-order valence-corrected chi connectivity index (χ1v) is 16.2. The van der Waals surface area contributed by atoms with Crippen molar-refractivity contribution < 1.29 is 36.0 Å². The van der Waals surface area contributed by atoms with E-state index in [1.165, 1.54) is 43.1 Å². The summed E-state index contributed by atoms with van der Waals surface area (Å²) in [6, 6.07) is 6.88. The Morgan fingerprint density at radius 2 is 1.98 bits per heavy atom. The molecule has 0 bridgehead atoms. The Bertz CT molecular complexity index is 1570. The van der Waals surface area contributed by atoms with Crippen LogP contribution in [0.2, 0.25) is 0 Å². The molecule has 0 spiro atoms. The molecule has 1 aliphatic rings. The summed E-state index contributed by atoms with van der Waals surface area (Å²) >= 11 is 1.06. The van der Waals surface area contributed by atoms with Gasteiger partial charge in [0.05, 0.1) is 24.8 Å². The van der Waals surface area contributed by atoms with Crippen LogP contribution < -0.4 is 9.46 Å². The van der Waals surface area contributed by atoms with Crippen molar-refractivity contribution in [3.05, 3.63) is 52.7 Å². The molecule has 1 aliphatic heterocycles. The molecule has 218 valence electrons. The number of fused-ring (bicyclic) bond motifs is 1. The fourth-order valence-electron chi connectivity index (χ4n) is 4.48. The Balaban J connectivity index is 1.70.